The third-order valence-corrected chi connectivity index (χ3v) is 2.13. The van der Waals surface area contributed by atoms with Crippen molar-refractivity contribution in [2.45, 2.75) is 6.42 Å². The van der Waals surface area contributed by atoms with Gasteiger partial charge in [-0.15, -0.1) is 0 Å². The van der Waals surface area contributed by atoms with Gasteiger partial charge in [-0.1, -0.05) is 0 Å². The van der Waals surface area contributed by atoms with Crippen molar-refractivity contribution >= 4 is 6.29 Å². The summed E-state index contributed by atoms with van der Waals surface area (Å²) in [6.07, 6.45) is 6.23. The second-order valence-electron chi connectivity index (χ2n) is 3.21. The number of nitrogens with zero attached hydrogens (tertiary/aromatic N) is 2. The zero-order valence-electron chi connectivity index (χ0n) is 8.59. The summed E-state index contributed by atoms with van der Waals surface area (Å²) >= 11 is 0. The molecule has 0 fully saturated rings. The molecule has 0 saturated carbocycles. The summed E-state index contributed by atoms with van der Waals surface area (Å²) < 4.78 is 5.45. The van der Waals surface area contributed by atoms with Crippen molar-refractivity contribution in [2.24, 2.45) is 0 Å². The molecule has 0 bridgehead atoms. The van der Waals surface area contributed by atoms with E-state index in [4.69, 9.17) is 4.74 Å². The molecule has 2 aromatic heterocycles. The SMILES string of the molecule is O=Cc1cn[nH]c1CCOc1cccnc1. The summed E-state index contributed by atoms with van der Waals surface area (Å²) in [7, 11) is 0. The smallest absolute Gasteiger partial charge is 0.153 e. The zero-order valence-corrected chi connectivity index (χ0v) is 8.59. The Morgan fingerprint density at radius 1 is 1.44 bits per heavy atom. The van der Waals surface area contributed by atoms with Crippen molar-refractivity contribution < 1.29 is 9.53 Å². The van der Waals surface area contributed by atoms with Crippen LogP contribution in [0.3, 0.4) is 0 Å². The highest BCUT2D eigenvalue weighted by Gasteiger charge is 2.03. The molecule has 2 aromatic rings. The van der Waals surface area contributed by atoms with Crippen molar-refractivity contribution in [1.29, 1.82) is 0 Å². The van der Waals surface area contributed by atoms with Crippen LogP contribution >= 0.6 is 0 Å². The number of hydrogen-bond acceptors (Lipinski definition) is 4. The first-order valence-corrected chi connectivity index (χ1v) is 4.90. The maximum absolute atomic E-state index is 10.6. The van der Waals surface area contributed by atoms with Gasteiger partial charge in [0.15, 0.2) is 6.29 Å². The number of aromatic amines is 1. The van der Waals surface area contributed by atoms with Crippen LogP contribution in [-0.2, 0) is 6.42 Å². The summed E-state index contributed by atoms with van der Waals surface area (Å²) in [6.45, 7) is 0.481. The third-order valence-electron chi connectivity index (χ3n) is 2.13. The van der Waals surface area contributed by atoms with Crippen molar-refractivity contribution in [2.75, 3.05) is 6.61 Å². The van der Waals surface area contributed by atoms with Gasteiger partial charge in [0, 0.05) is 18.3 Å². The average Bonchev–Trinajstić information content (AvgIpc) is 2.78. The van der Waals surface area contributed by atoms with Crippen LogP contribution in [0.1, 0.15) is 16.1 Å². The van der Waals surface area contributed by atoms with E-state index in [-0.39, 0.29) is 0 Å². The normalized spacial score (nSPS) is 10.0. The number of aromatic nitrogens is 3. The summed E-state index contributed by atoms with van der Waals surface area (Å²) in [4.78, 5) is 14.5. The van der Waals surface area contributed by atoms with E-state index in [2.05, 4.69) is 15.2 Å². The Labute approximate surface area is 92.5 Å². The van der Waals surface area contributed by atoms with Gasteiger partial charge in [0.2, 0.25) is 0 Å². The van der Waals surface area contributed by atoms with Crippen molar-refractivity contribution in [3.05, 3.63) is 42.0 Å². The monoisotopic (exact) mass is 217 g/mol. The highest BCUT2D eigenvalue weighted by Crippen LogP contribution is 2.08. The molecule has 0 aromatic carbocycles. The van der Waals surface area contributed by atoms with Crippen molar-refractivity contribution in [3.63, 3.8) is 0 Å². The molecule has 0 spiro atoms. The van der Waals surface area contributed by atoms with Gasteiger partial charge >= 0.3 is 0 Å². The second-order valence-corrected chi connectivity index (χ2v) is 3.21. The zero-order chi connectivity index (χ0) is 11.2. The van der Waals surface area contributed by atoms with E-state index in [1.54, 1.807) is 12.4 Å². The number of pyridine rings is 1. The molecule has 0 aliphatic rings. The maximum Gasteiger partial charge on any atom is 0.153 e. The number of aldehydes is 1. The van der Waals surface area contributed by atoms with Gasteiger partial charge in [0.1, 0.15) is 5.75 Å². The molecule has 16 heavy (non-hydrogen) atoms. The van der Waals surface area contributed by atoms with Gasteiger partial charge in [0.25, 0.3) is 0 Å². The number of H-pyrrole nitrogens is 1. The van der Waals surface area contributed by atoms with Gasteiger partial charge in [-0.2, -0.15) is 5.10 Å². The first-order valence-electron chi connectivity index (χ1n) is 4.90. The van der Waals surface area contributed by atoms with E-state index in [9.17, 15) is 4.79 Å². The van der Waals surface area contributed by atoms with Crippen LogP contribution in [-0.4, -0.2) is 28.1 Å². The third kappa shape index (κ3) is 2.44. The Morgan fingerprint density at radius 3 is 3.12 bits per heavy atom. The minimum atomic E-state index is 0.481. The lowest BCUT2D eigenvalue weighted by molar-refractivity contribution is 0.112. The van der Waals surface area contributed by atoms with E-state index in [0.717, 1.165) is 17.7 Å². The van der Waals surface area contributed by atoms with Gasteiger partial charge in [0.05, 0.1) is 24.6 Å². The fraction of sp³-hybridized carbons (Fsp3) is 0.182. The van der Waals surface area contributed by atoms with E-state index < -0.39 is 0 Å². The maximum atomic E-state index is 10.6. The van der Waals surface area contributed by atoms with Gasteiger partial charge < -0.3 is 4.74 Å². The average molecular weight is 217 g/mol. The standard InChI is InChI=1S/C11H11N3O2/c15-8-9-6-13-14-11(9)3-5-16-10-2-1-4-12-7-10/h1-2,4,6-8H,3,5H2,(H,13,14). The number of carbonyl (C=O) groups is 1. The summed E-state index contributed by atoms with van der Waals surface area (Å²) in [5, 5.41) is 6.56. The molecule has 2 rings (SSSR count). The molecular formula is C11H11N3O2. The Morgan fingerprint density at radius 2 is 2.38 bits per heavy atom. The lowest BCUT2D eigenvalue weighted by Crippen LogP contribution is -2.03. The minimum absolute atomic E-state index is 0.481. The molecule has 1 N–H and O–H groups in total. The lowest BCUT2D eigenvalue weighted by atomic mass is 10.2. The van der Waals surface area contributed by atoms with Crippen LogP contribution in [0.4, 0.5) is 0 Å². The number of rotatable bonds is 5. The first kappa shape index (κ1) is 10.4. The van der Waals surface area contributed by atoms with Crippen LogP contribution in [0.5, 0.6) is 5.75 Å². The molecule has 0 saturated heterocycles. The van der Waals surface area contributed by atoms with Crippen LogP contribution in [0.25, 0.3) is 0 Å². The van der Waals surface area contributed by atoms with E-state index in [1.165, 1.54) is 6.20 Å². The van der Waals surface area contributed by atoms with Crippen LogP contribution in [0.15, 0.2) is 30.7 Å². The quantitative estimate of drug-likeness (QED) is 0.765. The molecule has 2 heterocycles. The Balaban J connectivity index is 1.87. The number of ether oxygens (including phenoxy) is 1. The fourth-order valence-electron chi connectivity index (χ4n) is 1.33. The molecule has 0 aliphatic heterocycles. The summed E-state index contributed by atoms with van der Waals surface area (Å²) in [5.74, 6) is 0.717. The molecule has 0 unspecified atom stereocenters. The number of hydrogen-bond donors (Lipinski definition) is 1. The second kappa shape index (κ2) is 5.06. The predicted molar refractivity (Wildman–Crippen MR) is 57.4 cm³/mol. The van der Waals surface area contributed by atoms with Crippen molar-refractivity contribution in [1.82, 2.24) is 15.2 Å². The molecule has 0 aliphatic carbocycles. The molecule has 0 radical (unpaired) electrons. The van der Waals surface area contributed by atoms with Gasteiger partial charge in [-0.05, 0) is 12.1 Å². The molecule has 82 valence electrons. The Hall–Kier alpha value is -2.17. The van der Waals surface area contributed by atoms with Crippen LogP contribution < -0.4 is 4.74 Å². The van der Waals surface area contributed by atoms with E-state index in [0.29, 0.717) is 18.6 Å². The summed E-state index contributed by atoms with van der Waals surface area (Å²) in [6, 6.07) is 3.64. The van der Waals surface area contributed by atoms with Crippen LogP contribution in [0.2, 0.25) is 0 Å². The highest BCUT2D eigenvalue weighted by molar-refractivity contribution is 5.75. The van der Waals surface area contributed by atoms with Gasteiger partial charge in [-0.25, -0.2) is 0 Å². The van der Waals surface area contributed by atoms with E-state index >= 15 is 0 Å². The minimum Gasteiger partial charge on any atom is -0.492 e. The largest absolute Gasteiger partial charge is 0.492 e. The number of carbonyl (C=O) groups excluding carboxylic acids is 1. The molecule has 0 atom stereocenters. The topological polar surface area (TPSA) is 67.9 Å². The molecule has 5 nitrogen and oxygen atoms in total. The first-order chi connectivity index (χ1) is 7.90. The van der Waals surface area contributed by atoms with Crippen molar-refractivity contribution in [3.8, 4) is 5.75 Å². The highest BCUT2D eigenvalue weighted by atomic mass is 16.5. The lowest BCUT2D eigenvalue weighted by Gasteiger charge is -2.04. The number of nitrogens with one attached hydrogen (secondary N) is 1. The molecular weight excluding hydrogens is 206 g/mol. The summed E-state index contributed by atoms with van der Waals surface area (Å²) in [5.41, 5.74) is 1.37. The predicted octanol–water partition coefficient (Wildman–Crippen LogP) is 1.24. The fourth-order valence-corrected chi connectivity index (χ4v) is 1.33. The molecule has 5 heteroatoms. The Kier molecular flexibility index (Phi) is 3.28. The van der Waals surface area contributed by atoms with Crippen LogP contribution in [0, 0.1) is 0 Å². The molecule has 0 amide bonds. The van der Waals surface area contributed by atoms with Gasteiger partial charge in [-0.3, -0.25) is 14.9 Å². The Bertz CT molecular complexity index is 453. The van der Waals surface area contributed by atoms with E-state index in [1.807, 2.05) is 12.1 Å².